The topological polar surface area (TPSA) is 101 Å². The fourth-order valence-electron chi connectivity index (χ4n) is 1.24. The van der Waals surface area contributed by atoms with E-state index in [9.17, 15) is 26.8 Å². The lowest BCUT2D eigenvalue weighted by atomic mass is 9.93. The van der Waals surface area contributed by atoms with E-state index >= 15 is 0 Å². The molecule has 0 saturated heterocycles. The highest BCUT2D eigenvalue weighted by atomic mass is 32.2. The number of benzene rings is 1. The van der Waals surface area contributed by atoms with Crippen molar-refractivity contribution in [2.75, 3.05) is 0 Å². The largest absolute Gasteiger partial charge is 0.480 e. The SMILES string of the molecule is Cc1cc(F)c(S(=O)(=O)NC(=O)C(C)(C)C(=O)O)cc1F. The Balaban J connectivity index is 3.23. The second kappa shape index (κ2) is 5.40. The zero-order valence-electron chi connectivity index (χ0n) is 11.4. The first-order valence-corrected chi connectivity index (χ1v) is 7.14. The van der Waals surface area contributed by atoms with E-state index in [1.165, 1.54) is 11.6 Å². The minimum Gasteiger partial charge on any atom is -0.480 e. The molecule has 21 heavy (non-hydrogen) atoms. The molecule has 0 radical (unpaired) electrons. The number of carbonyl (C=O) groups excluding carboxylic acids is 1. The summed E-state index contributed by atoms with van der Waals surface area (Å²) in [6.07, 6.45) is 0. The van der Waals surface area contributed by atoms with Crippen LogP contribution in [0.2, 0.25) is 0 Å². The number of sulfonamides is 1. The molecule has 0 saturated carbocycles. The van der Waals surface area contributed by atoms with Crippen molar-refractivity contribution in [3.63, 3.8) is 0 Å². The number of aryl methyl sites for hydroxylation is 1. The van der Waals surface area contributed by atoms with Crippen LogP contribution in [0.4, 0.5) is 8.78 Å². The van der Waals surface area contributed by atoms with Crippen LogP contribution in [0.3, 0.4) is 0 Å². The van der Waals surface area contributed by atoms with Gasteiger partial charge in [-0.05, 0) is 38.5 Å². The Hall–Kier alpha value is -2.03. The molecule has 116 valence electrons. The van der Waals surface area contributed by atoms with Gasteiger partial charge < -0.3 is 5.11 Å². The molecule has 1 aromatic rings. The summed E-state index contributed by atoms with van der Waals surface area (Å²) in [5.41, 5.74) is -2.16. The molecule has 0 heterocycles. The Morgan fingerprint density at radius 3 is 2.19 bits per heavy atom. The first-order chi connectivity index (χ1) is 9.39. The smallest absolute Gasteiger partial charge is 0.318 e. The van der Waals surface area contributed by atoms with E-state index in [1.54, 1.807) is 0 Å². The van der Waals surface area contributed by atoms with Gasteiger partial charge in [-0.2, -0.15) is 0 Å². The number of amides is 1. The summed E-state index contributed by atoms with van der Waals surface area (Å²) < 4.78 is 52.1. The first-order valence-electron chi connectivity index (χ1n) is 5.66. The van der Waals surface area contributed by atoms with E-state index in [1.807, 2.05) is 0 Å². The Morgan fingerprint density at radius 1 is 1.19 bits per heavy atom. The number of aliphatic carboxylic acids is 1. The molecule has 6 nitrogen and oxygen atoms in total. The maximum Gasteiger partial charge on any atom is 0.318 e. The molecule has 0 aliphatic carbocycles. The lowest BCUT2D eigenvalue weighted by Crippen LogP contribution is -2.45. The van der Waals surface area contributed by atoms with Crippen molar-refractivity contribution in [1.29, 1.82) is 0 Å². The molecule has 0 bridgehead atoms. The lowest BCUT2D eigenvalue weighted by Gasteiger charge is -2.18. The van der Waals surface area contributed by atoms with Gasteiger partial charge in [0, 0.05) is 0 Å². The van der Waals surface area contributed by atoms with Gasteiger partial charge in [-0.15, -0.1) is 0 Å². The molecule has 0 fully saturated rings. The van der Waals surface area contributed by atoms with Gasteiger partial charge in [-0.25, -0.2) is 21.9 Å². The van der Waals surface area contributed by atoms with Crippen LogP contribution in [0.1, 0.15) is 19.4 Å². The summed E-state index contributed by atoms with van der Waals surface area (Å²) in [6.45, 7) is 3.19. The van der Waals surface area contributed by atoms with E-state index in [0.29, 0.717) is 12.1 Å². The van der Waals surface area contributed by atoms with Crippen molar-refractivity contribution in [3.8, 4) is 0 Å². The Kier molecular flexibility index (Phi) is 4.37. The molecule has 1 rings (SSSR count). The zero-order valence-corrected chi connectivity index (χ0v) is 12.2. The van der Waals surface area contributed by atoms with E-state index in [0.717, 1.165) is 13.8 Å². The molecule has 0 spiro atoms. The van der Waals surface area contributed by atoms with Crippen LogP contribution < -0.4 is 4.72 Å². The summed E-state index contributed by atoms with van der Waals surface area (Å²) in [4.78, 5) is 21.5. The van der Waals surface area contributed by atoms with E-state index in [-0.39, 0.29) is 5.56 Å². The Labute approximate surface area is 119 Å². The molecular formula is C12H13F2NO5S. The second-order valence-corrected chi connectivity index (χ2v) is 6.55. The number of nitrogens with one attached hydrogen (secondary N) is 1. The molecule has 2 N–H and O–H groups in total. The predicted molar refractivity (Wildman–Crippen MR) is 67.8 cm³/mol. The molecule has 1 amide bonds. The summed E-state index contributed by atoms with van der Waals surface area (Å²) in [6, 6.07) is 1.09. The normalized spacial score (nSPS) is 12.0. The molecular weight excluding hydrogens is 308 g/mol. The van der Waals surface area contributed by atoms with Crippen LogP contribution >= 0.6 is 0 Å². The maximum atomic E-state index is 13.6. The second-order valence-electron chi connectivity index (χ2n) is 4.90. The maximum absolute atomic E-state index is 13.6. The molecule has 1 aromatic carbocycles. The summed E-state index contributed by atoms with van der Waals surface area (Å²) in [5, 5.41) is 8.82. The van der Waals surface area contributed by atoms with Crippen LogP contribution in [0.15, 0.2) is 17.0 Å². The van der Waals surface area contributed by atoms with E-state index in [2.05, 4.69) is 0 Å². The summed E-state index contributed by atoms with van der Waals surface area (Å²) >= 11 is 0. The molecule has 0 aromatic heterocycles. The lowest BCUT2D eigenvalue weighted by molar-refractivity contribution is -0.152. The molecule has 0 atom stereocenters. The van der Waals surface area contributed by atoms with Gasteiger partial charge in [-0.3, -0.25) is 9.59 Å². The van der Waals surface area contributed by atoms with E-state index in [4.69, 9.17) is 5.11 Å². The minimum absolute atomic E-state index is 0.108. The van der Waals surface area contributed by atoms with Crippen LogP contribution in [0.25, 0.3) is 0 Å². The van der Waals surface area contributed by atoms with Gasteiger partial charge in [0.15, 0.2) is 0 Å². The van der Waals surface area contributed by atoms with Gasteiger partial charge in [0.25, 0.3) is 15.9 Å². The highest BCUT2D eigenvalue weighted by molar-refractivity contribution is 7.90. The Bertz CT molecular complexity index is 713. The van der Waals surface area contributed by atoms with Crippen molar-refractivity contribution in [1.82, 2.24) is 4.72 Å². The number of hydrogen-bond acceptors (Lipinski definition) is 4. The summed E-state index contributed by atoms with van der Waals surface area (Å²) in [7, 11) is -4.72. The van der Waals surface area contributed by atoms with Gasteiger partial charge >= 0.3 is 5.97 Å². The van der Waals surface area contributed by atoms with E-state index < -0.39 is 43.8 Å². The van der Waals surface area contributed by atoms with Crippen LogP contribution in [0.5, 0.6) is 0 Å². The third kappa shape index (κ3) is 3.35. The molecule has 9 heteroatoms. The van der Waals surface area contributed by atoms with Crippen molar-refractivity contribution >= 4 is 21.9 Å². The minimum atomic E-state index is -4.72. The highest BCUT2D eigenvalue weighted by Gasteiger charge is 2.39. The number of rotatable bonds is 4. The van der Waals surface area contributed by atoms with Gasteiger partial charge in [0.1, 0.15) is 21.9 Å². The monoisotopic (exact) mass is 321 g/mol. The van der Waals surface area contributed by atoms with Gasteiger partial charge in [0.2, 0.25) is 0 Å². The van der Waals surface area contributed by atoms with Gasteiger partial charge in [-0.1, -0.05) is 0 Å². The van der Waals surface area contributed by atoms with Crippen molar-refractivity contribution in [2.24, 2.45) is 5.41 Å². The first kappa shape index (κ1) is 17.0. The van der Waals surface area contributed by atoms with Crippen LogP contribution in [-0.4, -0.2) is 25.4 Å². The summed E-state index contributed by atoms with van der Waals surface area (Å²) in [5.74, 6) is -5.15. The zero-order chi connectivity index (χ0) is 16.6. The standard InChI is InChI=1S/C12H13F2NO5S/c1-6-4-8(14)9(5-7(6)13)21(19,20)15-10(16)12(2,3)11(17)18/h4-5H,1-3H3,(H,15,16)(H,17,18). The third-order valence-corrected chi connectivity index (χ3v) is 4.18. The van der Waals surface area contributed by atoms with Crippen molar-refractivity contribution < 1.29 is 31.9 Å². The number of carboxylic acids is 1. The molecule has 0 unspecified atom stereocenters. The average molecular weight is 321 g/mol. The van der Waals surface area contributed by atoms with Gasteiger partial charge in [0.05, 0.1) is 0 Å². The number of carboxylic acid groups (broad SMARTS) is 1. The molecule has 0 aliphatic rings. The van der Waals surface area contributed by atoms with Crippen molar-refractivity contribution in [2.45, 2.75) is 25.7 Å². The Morgan fingerprint density at radius 2 is 1.71 bits per heavy atom. The average Bonchev–Trinajstić information content (AvgIpc) is 2.32. The molecule has 0 aliphatic heterocycles. The van der Waals surface area contributed by atoms with Crippen LogP contribution in [0, 0.1) is 24.0 Å². The van der Waals surface area contributed by atoms with Crippen molar-refractivity contribution in [3.05, 3.63) is 29.3 Å². The number of hydrogen-bond donors (Lipinski definition) is 2. The number of carbonyl (C=O) groups is 2. The van der Waals surface area contributed by atoms with Crippen LogP contribution in [-0.2, 0) is 19.6 Å². The third-order valence-electron chi connectivity index (χ3n) is 2.83. The highest BCUT2D eigenvalue weighted by Crippen LogP contribution is 2.21. The fraction of sp³-hybridized carbons (Fsp3) is 0.333. The predicted octanol–water partition coefficient (Wildman–Crippen LogP) is 1.19. The number of halogens is 2. The quantitative estimate of drug-likeness (QED) is 0.811. The fourth-order valence-corrected chi connectivity index (χ4v) is 2.42.